The molecule has 1 rings (SSSR count). The fourth-order valence-corrected chi connectivity index (χ4v) is 1.60. The topological polar surface area (TPSA) is 46.3 Å². The average Bonchev–Trinajstić information content (AvgIpc) is 2.16. The van der Waals surface area contributed by atoms with Crippen molar-refractivity contribution in [1.82, 2.24) is 0 Å². The van der Waals surface area contributed by atoms with Gasteiger partial charge in [-0.3, -0.25) is 4.79 Å². The van der Waals surface area contributed by atoms with Gasteiger partial charge in [-0.25, -0.2) is 0 Å². The van der Waals surface area contributed by atoms with Gasteiger partial charge in [-0.05, 0) is 18.1 Å². The van der Waals surface area contributed by atoms with E-state index in [1.54, 1.807) is 6.07 Å². The molecule has 3 heteroatoms. The lowest BCUT2D eigenvalue weighted by Crippen LogP contribution is -2.20. The van der Waals surface area contributed by atoms with Gasteiger partial charge >= 0.3 is 0 Å². The third kappa shape index (κ3) is 1.87. The first-order valence-corrected chi connectivity index (χ1v) is 4.67. The van der Waals surface area contributed by atoms with Crippen LogP contribution in [-0.4, -0.2) is 20.0 Å². The molecule has 0 aliphatic rings. The Balaban J connectivity index is 3.35. The molecule has 14 heavy (non-hydrogen) atoms. The van der Waals surface area contributed by atoms with Crippen LogP contribution in [0.2, 0.25) is 0 Å². The zero-order valence-electron chi connectivity index (χ0n) is 8.87. The van der Waals surface area contributed by atoms with Gasteiger partial charge in [-0.2, -0.15) is 0 Å². The summed E-state index contributed by atoms with van der Waals surface area (Å²) >= 11 is 0. The quantitative estimate of drug-likeness (QED) is 0.787. The molecule has 0 saturated heterocycles. The van der Waals surface area contributed by atoms with Crippen molar-refractivity contribution >= 4 is 11.6 Å². The summed E-state index contributed by atoms with van der Waals surface area (Å²) in [7, 11) is 3.84. The normalized spacial score (nSPS) is 9.93. The third-order valence-corrected chi connectivity index (χ3v) is 2.21. The molecule has 0 heterocycles. The average molecular weight is 192 g/mol. The van der Waals surface area contributed by atoms with E-state index in [9.17, 15) is 4.79 Å². The van der Waals surface area contributed by atoms with Gasteiger partial charge in [0.05, 0.1) is 11.3 Å². The van der Waals surface area contributed by atoms with Gasteiger partial charge in [-0.1, -0.05) is 19.1 Å². The summed E-state index contributed by atoms with van der Waals surface area (Å²) in [5, 5.41) is 0. The van der Waals surface area contributed by atoms with E-state index in [0.29, 0.717) is 5.56 Å². The van der Waals surface area contributed by atoms with E-state index in [0.717, 1.165) is 17.7 Å². The molecule has 1 aromatic rings. The first kappa shape index (κ1) is 10.6. The number of amides is 1. The monoisotopic (exact) mass is 192 g/mol. The van der Waals surface area contributed by atoms with Crippen molar-refractivity contribution < 1.29 is 4.79 Å². The number of anilines is 1. The number of para-hydroxylation sites is 1. The number of hydrogen-bond donors (Lipinski definition) is 1. The standard InChI is InChI=1S/C11H16N2O/c1-4-8-6-5-7-9(11(12)14)10(8)13(2)3/h5-7H,4H2,1-3H3,(H2,12,14). The van der Waals surface area contributed by atoms with Gasteiger partial charge < -0.3 is 10.6 Å². The van der Waals surface area contributed by atoms with Crippen molar-refractivity contribution in [3.63, 3.8) is 0 Å². The highest BCUT2D eigenvalue weighted by Gasteiger charge is 2.12. The smallest absolute Gasteiger partial charge is 0.250 e. The third-order valence-electron chi connectivity index (χ3n) is 2.21. The molecule has 0 aliphatic heterocycles. The lowest BCUT2D eigenvalue weighted by Gasteiger charge is -2.19. The van der Waals surface area contributed by atoms with E-state index in [1.165, 1.54) is 0 Å². The number of nitrogens with two attached hydrogens (primary N) is 1. The Morgan fingerprint density at radius 1 is 1.43 bits per heavy atom. The first-order chi connectivity index (χ1) is 6.57. The van der Waals surface area contributed by atoms with Crippen LogP contribution in [0.3, 0.4) is 0 Å². The maximum atomic E-state index is 11.2. The fourth-order valence-electron chi connectivity index (χ4n) is 1.60. The Bertz CT molecular complexity index is 345. The minimum Gasteiger partial charge on any atom is -0.377 e. The molecule has 2 N–H and O–H groups in total. The van der Waals surface area contributed by atoms with Crippen LogP contribution in [0.15, 0.2) is 18.2 Å². The van der Waals surface area contributed by atoms with E-state index in [-0.39, 0.29) is 5.91 Å². The summed E-state index contributed by atoms with van der Waals surface area (Å²) < 4.78 is 0. The van der Waals surface area contributed by atoms with E-state index in [2.05, 4.69) is 6.92 Å². The van der Waals surface area contributed by atoms with Crippen molar-refractivity contribution in [2.75, 3.05) is 19.0 Å². The maximum Gasteiger partial charge on any atom is 0.250 e. The highest BCUT2D eigenvalue weighted by Crippen LogP contribution is 2.23. The molecule has 0 saturated carbocycles. The second kappa shape index (κ2) is 4.13. The molecule has 0 aromatic heterocycles. The van der Waals surface area contributed by atoms with Gasteiger partial charge in [0.2, 0.25) is 0 Å². The second-order valence-corrected chi connectivity index (χ2v) is 3.43. The lowest BCUT2D eigenvalue weighted by molar-refractivity contribution is 0.100. The molecular formula is C11H16N2O. The summed E-state index contributed by atoms with van der Waals surface area (Å²) in [6, 6.07) is 5.64. The van der Waals surface area contributed by atoms with Crippen molar-refractivity contribution in [3.05, 3.63) is 29.3 Å². The van der Waals surface area contributed by atoms with E-state index >= 15 is 0 Å². The molecule has 76 valence electrons. The second-order valence-electron chi connectivity index (χ2n) is 3.43. The molecule has 0 spiro atoms. The Morgan fingerprint density at radius 3 is 2.50 bits per heavy atom. The SMILES string of the molecule is CCc1cccc(C(N)=O)c1N(C)C. The van der Waals surface area contributed by atoms with Crippen LogP contribution in [-0.2, 0) is 6.42 Å². The van der Waals surface area contributed by atoms with E-state index < -0.39 is 0 Å². The number of primary amides is 1. The summed E-state index contributed by atoms with van der Waals surface area (Å²) in [6.07, 6.45) is 0.897. The summed E-state index contributed by atoms with van der Waals surface area (Å²) in [5.41, 5.74) is 7.98. The molecule has 1 aromatic carbocycles. The molecule has 0 fully saturated rings. The first-order valence-electron chi connectivity index (χ1n) is 4.67. The maximum absolute atomic E-state index is 11.2. The van der Waals surface area contributed by atoms with Gasteiger partial charge in [0.1, 0.15) is 0 Å². The van der Waals surface area contributed by atoms with Crippen molar-refractivity contribution in [2.45, 2.75) is 13.3 Å². The summed E-state index contributed by atoms with van der Waals surface area (Å²) in [4.78, 5) is 13.1. The number of benzene rings is 1. The molecule has 0 radical (unpaired) electrons. The zero-order valence-corrected chi connectivity index (χ0v) is 8.87. The number of carbonyl (C=O) groups is 1. The summed E-state index contributed by atoms with van der Waals surface area (Å²) in [6.45, 7) is 2.06. The van der Waals surface area contributed by atoms with Gasteiger partial charge in [0, 0.05) is 14.1 Å². The largest absolute Gasteiger partial charge is 0.377 e. The molecule has 1 amide bonds. The van der Waals surface area contributed by atoms with Crippen LogP contribution < -0.4 is 10.6 Å². The number of hydrogen-bond acceptors (Lipinski definition) is 2. The van der Waals surface area contributed by atoms with Crippen molar-refractivity contribution in [2.24, 2.45) is 5.73 Å². The molecule has 0 aliphatic carbocycles. The Labute approximate surface area is 84.5 Å². The zero-order chi connectivity index (χ0) is 10.7. The predicted octanol–water partition coefficient (Wildman–Crippen LogP) is 1.41. The molecule has 0 bridgehead atoms. The van der Waals surface area contributed by atoms with Crippen LogP contribution in [0.1, 0.15) is 22.8 Å². The number of rotatable bonds is 3. The molecule has 0 unspecified atom stereocenters. The van der Waals surface area contributed by atoms with Crippen molar-refractivity contribution in [1.29, 1.82) is 0 Å². The van der Waals surface area contributed by atoms with Gasteiger partial charge in [0.25, 0.3) is 5.91 Å². The number of nitrogens with zero attached hydrogens (tertiary/aromatic N) is 1. The molecular weight excluding hydrogens is 176 g/mol. The minimum absolute atomic E-state index is 0.371. The van der Waals surface area contributed by atoms with Crippen LogP contribution in [0.4, 0.5) is 5.69 Å². The number of carbonyl (C=O) groups excluding carboxylic acids is 1. The Kier molecular flexibility index (Phi) is 3.12. The van der Waals surface area contributed by atoms with Crippen LogP contribution in [0.5, 0.6) is 0 Å². The van der Waals surface area contributed by atoms with Crippen molar-refractivity contribution in [3.8, 4) is 0 Å². The molecule has 0 atom stereocenters. The Hall–Kier alpha value is -1.51. The predicted molar refractivity (Wildman–Crippen MR) is 58.7 cm³/mol. The van der Waals surface area contributed by atoms with Crippen LogP contribution in [0.25, 0.3) is 0 Å². The van der Waals surface area contributed by atoms with Crippen LogP contribution in [0, 0.1) is 0 Å². The summed E-state index contributed by atoms with van der Waals surface area (Å²) in [5.74, 6) is -0.371. The highest BCUT2D eigenvalue weighted by molar-refractivity contribution is 5.99. The fraction of sp³-hybridized carbons (Fsp3) is 0.364. The van der Waals surface area contributed by atoms with Gasteiger partial charge in [-0.15, -0.1) is 0 Å². The Morgan fingerprint density at radius 2 is 2.07 bits per heavy atom. The van der Waals surface area contributed by atoms with Crippen LogP contribution >= 0.6 is 0 Å². The minimum atomic E-state index is -0.371. The lowest BCUT2D eigenvalue weighted by atomic mass is 10.0. The van der Waals surface area contributed by atoms with Gasteiger partial charge in [0.15, 0.2) is 0 Å². The van der Waals surface area contributed by atoms with E-state index in [1.807, 2.05) is 31.1 Å². The number of aryl methyl sites for hydroxylation is 1. The molecule has 3 nitrogen and oxygen atoms in total. The van der Waals surface area contributed by atoms with E-state index in [4.69, 9.17) is 5.73 Å². The highest BCUT2D eigenvalue weighted by atomic mass is 16.1.